The van der Waals surface area contributed by atoms with E-state index in [2.05, 4.69) is 72.6 Å². The van der Waals surface area contributed by atoms with Gasteiger partial charge in [-0.2, -0.15) is 5.10 Å². The monoisotopic (exact) mass is 464 g/mol. The van der Waals surface area contributed by atoms with Crippen molar-refractivity contribution in [2.45, 2.75) is 59.9 Å². The molecule has 0 amide bonds. The third-order valence-electron chi connectivity index (χ3n) is 6.36. The maximum absolute atomic E-state index is 4.45. The zero-order valence-corrected chi connectivity index (χ0v) is 22.1. The highest BCUT2D eigenvalue weighted by Gasteiger charge is 2.25. The molecule has 1 aromatic rings. The lowest BCUT2D eigenvalue weighted by molar-refractivity contribution is 0.191. The van der Waals surface area contributed by atoms with Gasteiger partial charge in [0.25, 0.3) is 0 Å². The van der Waals surface area contributed by atoms with Gasteiger partial charge in [0.1, 0.15) is 0 Å². The van der Waals surface area contributed by atoms with Gasteiger partial charge in [-0.1, -0.05) is 53.3 Å². The Bertz CT molecular complexity index is 940. The van der Waals surface area contributed by atoms with Crippen LogP contribution >= 0.6 is 0 Å². The van der Waals surface area contributed by atoms with E-state index < -0.39 is 0 Å². The number of nitrogens with one attached hydrogen (secondary N) is 3. The lowest BCUT2D eigenvalue weighted by atomic mass is 9.73. The van der Waals surface area contributed by atoms with E-state index in [0.29, 0.717) is 18.5 Å². The Labute approximate surface area is 207 Å². The van der Waals surface area contributed by atoms with Crippen LogP contribution in [0.4, 0.5) is 0 Å². The summed E-state index contributed by atoms with van der Waals surface area (Å²) in [7, 11) is 3.69. The van der Waals surface area contributed by atoms with Gasteiger partial charge in [0.05, 0.1) is 24.2 Å². The highest BCUT2D eigenvalue weighted by atomic mass is 15.5. The topological polar surface area (TPSA) is 64.6 Å². The number of aromatic nitrogens is 1. The maximum Gasteiger partial charge on any atom is 0.0806 e. The highest BCUT2D eigenvalue weighted by molar-refractivity contribution is 5.83. The van der Waals surface area contributed by atoms with Crippen LogP contribution in [0, 0.1) is 18.3 Å². The van der Waals surface area contributed by atoms with Gasteiger partial charge in [0.15, 0.2) is 0 Å². The van der Waals surface area contributed by atoms with Gasteiger partial charge in [-0.05, 0) is 48.8 Å². The Morgan fingerprint density at radius 3 is 2.56 bits per heavy atom. The summed E-state index contributed by atoms with van der Waals surface area (Å²) in [5, 5.41) is 15.8. The van der Waals surface area contributed by atoms with Crippen LogP contribution in [0.1, 0.15) is 57.7 Å². The molecule has 1 saturated carbocycles. The SMILES string of the molecule is C=C(CN1N=CC(NC)=C(C(=C)NC)C1=C)NCc1ccnc(C)c1.C[C@H]1CCCC(C)(C)C1. The number of hydrogen-bond acceptors (Lipinski definition) is 6. The van der Waals surface area contributed by atoms with Crippen LogP contribution in [0.15, 0.2) is 71.5 Å². The summed E-state index contributed by atoms with van der Waals surface area (Å²) in [6, 6.07) is 4.04. The van der Waals surface area contributed by atoms with E-state index in [1.54, 1.807) is 6.21 Å². The first kappa shape index (κ1) is 27.2. The summed E-state index contributed by atoms with van der Waals surface area (Å²) < 4.78 is 0. The van der Waals surface area contributed by atoms with Gasteiger partial charge in [0.2, 0.25) is 0 Å². The fourth-order valence-electron chi connectivity index (χ4n) is 4.59. The number of nitrogens with zero attached hydrogens (tertiary/aromatic N) is 3. The molecule has 2 aliphatic rings. The summed E-state index contributed by atoms with van der Waals surface area (Å²) in [6.07, 6.45) is 9.37. The first-order chi connectivity index (χ1) is 16.1. The molecule has 1 fully saturated rings. The molecule has 3 rings (SSSR count). The first-order valence-electron chi connectivity index (χ1n) is 12.2. The standard InChI is InChI=1S/C19H26N6.C9H18/c1-13-9-17(7-8-22-13)10-23-14(2)12-25-16(4)19(15(3)20-5)18(21-6)11-24-25;1-8-5-4-6-9(2,3)7-8/h7-9,11,20-21,23H,2-4,10,12H2,1,5-6H3;8H,4-7H2,1-3H3/t;8-/m.0/s1. The molecule has 0 unspecified atom stereocenters. The number of hydrazone groups is 1. The van der Waals surface area contributed by atoms with Gasteiger partial charge in [-0.3, -0.25) is 9.99 Å². The van der Waals surface area contributed by atoms with Crippen molar-refractivity contribution in [2.75, 3.05) is 20.6 Å². The summed E-state index contributed by atoms with van der Waals surface area (Å²) in [5.41, 5.74) is 7.02. The first-order valence-corrected chi connectivity index (χ1v) is 12.2. The van der Waals surface area contributed by atoms with Gasteiger partial charge >= 0.3 is 0 Å². The lowest BCUT2D eigenvalue weighted by Crippen LogP contribution is -2.32. The number of pyridine rings is 1. The fourth-order valence-corrected chi connectivity index (χ4v) is 4.59. The molecule has 0 saturated heterocycles. The van der Waals surface area contributed by atoms with Crippen LogP contribution in [0.25, 0.3) is 0 Å². The quantitative estimate of drug-likeness (QED) is 0.491. The Balaban J connectivity index is 0.000000379. The zero-order chi connectivity index (χ0) is 25.3. The van der Waals surface area contributed by atoms with Crippen molar-refractivity contribution in [3.8, 4) is 0 Å². The molecule has 0 spiro atoms. The molecule has 6 heteroatoms. The van der Waals surface area contributed by atoms with E-state index in [1.807, 2.05) is 38.3 Å². The Morgan fingerprint density at radius 1 is 1.26 bits per heavy atom. The Morgan fingerprint density at radius 2 is 2.00 bits per heavy atom. The van der Waals surface area contributed by atoms with Crippen LogP contribution in [0.5, 0.6) is 0 Å². The minimum Gasteiger partial charge on any atom is -0.388 e. The molecule has 2 heterocycles. The van der Waals surface area contributed by atoms with Crippen molar-refractivity contribution in [1.82, 2.24) is 25.9 Å². The lowest BCUT2D eigenvalue weighted by Gasteiger charge is -2.33. The molecule has 6 nitrogen and oxygen atoms in total. The van der Waals surface area contributed by atoms with Crippen molar-refractivity contribution >= 4 is 6.21 Å². The molecular weight excluding hydrogens is 420 g/mol. The average molecular weight is 465 g/mol. The number of aryl methyl sites for hydroxylation is 1. The van der Waals surface area contributed by atoms with Gasteiger partial charge < -0.3 is 16.0 Å². The molecule has 1 aliphatic carbocycles. The van der Waals surface area contributed by atoms with Gasteiger partial charge in [-0.15, -0.1) is 0 Å². The van der Waals surface area contributed by atoms with E-state index in [-0.39, 0.29) is 0 Å². The number of likely N-dealkylation sites (N-methyl/N-ethyl adjacent to an activating group) is 1. The second kappa shape index (κ2) is 12.4. The van der Waals surface area contributed by atoms with Crippen molar-refractivity contribution in [1.29, 1.82) is 0 Å². The van der Waals surface area contributed by atoms with Crippen LogP contribution in [0.2, 0.25) is 0 Å². The summed E-state index contributed by atoms with van der Waals surface area (Å²) >= 11 is 0. The molecule has 1 aromatic heterocycles. The van der Waals surface area contributed by atoms with Crippen molar-refractivity contribution in [3.63, 3.8) is 0 Å². The molecule has 186 valence electrons. The molecule has 34 heavy (non-hydrogen) atoms. The normalized spacial score (nSPS) is 19.2. The Kier molecular flexibility index (Phi) is 9.97. The second-order valence-corrected chi connectivity index (χ2v) is 10.1. The third-order valence-corrected chi connectivity index (χ3v) is 6.36. The van der Waals surface area contributed by atoms with E-state index in [0.717, 1.165) is 45.5 Å². The summed E-state index contributed by atoms with van der Waals surface area (Å²) in [6.45, 7) is 22.7. The zero-order valence-electron chi connectivity index (χ0n) is 22.1. The molecule has 0 radical (unpaired) electrons. The Hall–Kier alpha value is -3.02. The van der Waals surface area contributed by atoms with E-state index >= 15 is 0 Å². The molecule has 0 aromatic carbocycles. The molecule has 3 N–H and O–H groups in total. The number of rotatable bonds is 8. The van der Waals surface area contributed by atoms with Crippen LogP contribution in [-0.4, -0.2) is 36.8 Å². The largest absolute Gasteiger partial charge is 0.388 e. The minimum absolute atomic E-state index is 0.525. The van der Waals surface area contributed by atoms with Gasteiger partial charge in [0, 0.05) is 49.5 Å². The van der Waals surface area contributed by atoms with E-state index in [4.69, 9.17) is 0 Å². The van der Waals surface area contributed by atoms with Gasteiger partial charge in [-0.25, -0.2) is 0 Å². The predicted molar refractivity (Wildman–Crippen MR) is 145 cm³/mol. The average Bonchev–Trinajstić information content (AvgIpc) is 2.78. The highest BCUT2D eigenvalue weighted by Crippen LogP contribution is 2.37. The van der Waals surface area contributed by atoms with Crippen molar-refractivity contribution < 1.29 is 0 Å². The van der Waals surface area contributed by atoms with Crippen LogP contribution in [0.3, 0.4) is 0 Å². The summed E-state index contributed by atoms with van der Waals surface area (Å²) in [4.78, 5) is 4.20. The van der Waals surface area contributed by atoms with Crippen molar-refractivity contribution in [3.05, 3.63) is 77.7 Å². The minimum atomic E-state index is 0.525. The smallest absolute Gasteiger partial charge is 0.0806 e. The van der Waals surface area contributed by atoms with Crippen molar-refractivity contribution in [2.24, 2.45) is 16.4 Å². The van der Waals surface area contributed by atoms with Crippen LogP contribution in [-0.2, 0) is 6.54 Å². The molecule has 1 aliphatic heterocycles. The number of allylic oxidation sites excluding steroid dienone is 1. The predicted octanol–water partition coefficient (Wildman–Crippen LogP) is 5.24. The molecular formula is C28H44N6. The van der Waals surface area contributed by atoms with E-state index in [1.165, 1.54) is 25.7 Å². The summed E-state index contributed by atoms with van der Waals surface area (Å²) in [5.74, 6) is 0.980. The molecule has 1 atom stereocenters. The van der Waals surface area contributed by atoms with E-state index in [9.17, 15) is 0 Å². The molecule has 0 bridgehead atoms. The third kappa shape index (κ3) is 8.08. The fraction of sp³-hybridized carbons (Fsp3) is 0.500. The number of hydrogen-bond donors (Lipinski definition) is 3. The van der Waals surface area contributed by atoms with Crippen LogP contribution < -0.4 is 16.0 Å². The maximum atomic E-state index is 4.45. The second-order valence-electron chi connectivity index (χ2n) is 10.1.